The summed E-state index contributed by atoms with van der Waals surface area (Å²) in [5, 5.41) is 14.8. The molecule has 2 aromatic rings. The highest BCUT2D eigenvalue weighted by Gasteiger charge is 2.08. The molecule has 2 rings (SSSR count). The number of carbonyl (C=O) groups excluding carboxylic acids is 1. The Morgan fingerprint density at radius 2 is 2.16 bits per heavy atom. The van der Waals surface area contributed by atoms with Crippen molar-refractivity contribution in [3.05, 3.63) is 35.3 Å². The van der Waals surface area contributed by atoms with Crippen molar-refractivity contribution in [3.63, 3.8) is 0 Å². The van der Waals surface area contributed by atoms with Gasteiger partial charge in [0.1, 0.15) is 5.75 Å². The second kappa shape index (κ2) is 6.19. The van der Waals surface area contributed by atoms with E-state index in [1.165, 1.54) is 11.3 Å². The second-order valence-corrected chi connectivity index (χ2v) is 4.66. The van der Waals surface area contributed by atoms with Gasteiger partial charge in [-0.05, 0) is 31.2 Å². The molecule has 0 fully saturated rings. The number of anilines is 2. The summed E-state index contributed by atoms with van der Waals surface area (Å²) >= 11 is 1.42. The van der Waals surface area contributed by atoms with Crippen molar-refractivity contribution >= 4 is 28.1 Å². The summed E-state index contributed by atoms with van der Waals surface area (Å²) in [7, 11) is 0. The van der Waals surface area contributed by atoms with Crippen LogP contribution in [0, 0.1) is 0 Å². The van der Waals surface area contributed by atoms with Crippen LogP contribution in [0.4, 0.5) is 10.8 Å². The van der Waals surface area contributed by atoms with Crippen LogP contribution >= 0.6 is 11.3 Å². The fourth-order valence-corrected chi connectivity index (χ4v) is 2.20. The monoisotopic (exact) mass is 278 g/mol. The third-order valence-corrected chi connectivity index (χ3v) is 3.11. The van der Waals surface area contributed by atoms with Gasteiger partial charge < -0.3 is 15.2 Å². The lowest BCUT2D eigenvalue weighted by atomic mass is 10.3. The van der Waals surface area contributed by atoms with E-state index in [1.807, 2.05) is 5.38 Å². The first-order valence-corrected chi connectivity index (χ1v) is 6.71. The van der Waals surface area contributed by atoms with Crippen molar-refractivity contribution in [2.24, 2.45) is 0 Å². The third-order valence-electron chi connectivity index (χ3n) is 2.30. The molecule has 1 aromatic heterocycles. The molecule has 0 saturated carbocycles. The van der Waals surface area contributed by atoms with E-state index in [1.54, 1.807) is 31.2 Å². The smallest absolute Gasteiger partial charge is 0.311 e. The van der Waals surface area contributed by atoms with Gasteiger partial charge in [-0.1, -0.05) is 0 Å². The van der Waals surface area contributed by atoms with Gasteiger partial charge in [-0.25, -0.2) is 4.98 Å². The molecule has 0 saturated heterocycles. The fraction of sp³-hybridized carbons (Fsp3) is 0.231. The summed E-state index contributed by atoms with van der Waals surface area (Å²) in [6, 6.07) is 6.69. The quantitative estimate of drug-likeness (QED) is 0.650. The van der Waals surface area contributed by atoms with Gasteiger partial charge in [-0.2, -0.15) is 0 Å². The molecule has 0 unspecified atom stereocenters. The zero-order chi connectivity index (χ0) is 13.7. The van der Waals surface area contributed by atoms with Gasteiger partial charge in [0.2, 0.25) is 0 Å². The molecule has 2 N–H and O–H groups in total. The lowest BCUT2D eigenvalue weighted by molar-refractivity contribution is -0.142. The van der Waals surface area contributed by atoms with Gasteiger partial charge >= 0.3 is 5.97 Å². The van der Waals surface area contributed by atoms with Gasteiger partial charge in [0.15, 0.2) is 5.13 Å². The first kappa shape index (κ1) is 13.4. The Bertz CT molecular complexity index is 551. The van der Waals surface area contributed by atoms with E-state index < -0.39 is 0 Å². The number of nitrogens with one attached hydrogen (secondary N) is 1. The Labute approximate surface area is 114 Å². The van der Waals surface area contributed by atoms with Gasteiger partial charge in [0.25, 0.3) is 0 Å². The van der Waals surface area contributed by atoms with Crippen LogP contribution in [0.25, 0.3) is 0 Å². The number of nitrogens with zero attached hydrogens (tertiary/aromatic N) is 1. The number of thiazole rings is 1. The Hall–Kier alpha value is -2.08. The van der Waals surface area contributed by atoms with Gasteiger partial charge in [-0.3, -0.25) is 4.79 Å². The van der Waals surface area contributed by atoms with Gasteiger partial charge in [0, 0.05) is 11.1 Å². The average molecular weight is 278 g/mol. The maximum Gasteiger partial charge on any atom is 0.311 e. The summed E-state index contributed by atoms with van der Waals surface area (Å²) in [5.74, 6) is -0.0586. The Balaban J connectivity index is 1.97. The number of hydrogen-bond donors (Lipinski definition) is 2. The minimum Gasteiger partial charge on any atom is -0.508 e. The summed E-state index contributed by atoms with van der Waals surface area (Å²) < 4.78 is 4.86. The first-order valence-electron chi connectivity index (χ1n) is 5.83. The van der Waals surface area contributed by atoms with E-state index in [4.69, 9.17) is 4.74 Å². The maximum atomic E-state index is 11.3. The fourth-order valence-electron chi connectivity index (χ4n) is 1.47. The zero-order valence-electron chi connectivity index (χ0n) is 10.4. The number of phenolic OH excluding ortho intramolecular Hbond substituents is 1. The number of phenols is 1. The molecule has 0 aliphatic rings. The molecule has 5 nitrogen and oxygen atoms in total. The van der Waals surface area contributed by atoms with Crippen molar-refractivity contribution in [1.82, 2.24) is 4.98 Å². The molecular weight excluding hydrogens is 264 g/mol. The number of hydrogen-bond acceptors (Lipinski definition) is 6. The van der Waals surface area contributed by atoms with Gasteiger partial charge in [0.05, 0.1) is 18.7 Å². The number of esters is 1. The highest BCUT2D eigenvalue weighted by atomic mass is 32.1. The molecule has 6 heteroatoms. The Morgan fingerprint density at radius 3 is 2.84 bits per heavy atom. The second-order valence-electron chi connectivity index (χ2n) is 3.80. The highest BCUT2D eigenvalue weighted by molar-refractivity contribution is 7.13. The molecular formula is C13H14N2O3S. The van der Waals surface area contributed by atoms with E-state index in [-0.39, 0.29) is 18.1 Å². The van der Waals surface area contributed by atoms with Crippen molar-refractivity contribution in [3.8, 4) is 5.75 Å². The molecule has 0 aliphatic heterocycles. The van der Waals surface area contributed by atoms with Gasteiger partial charge in [-0.15, -0.1) is 11.3 Å². The molecule has 0 aliphatic carbocycles. The van der Waals surface area contributed by atoms with Crippen LogP contribution in [-0.2, 0) is 16.0 Å². The van der Waals surface area contributed by atoms with E-state index in [9.17, 15) is 9.90 Å². The van der Waals surface area contributed by atoms with Crippen molar-refractivity contribution in [2.45, 2.75) is 13.3 Å². The minimum atomic E-state index is -0.274. The molecule has 0 bridgehead atoms. The van der Waals surface area contributed by atoms with Crippen molar-refractivity contribution in [2.75, 3.05) is 11.9 Å². The zero-order valence-corrected chi connectivity index (χ0v) is 11.2. The lowest BCUT2D eigenvalue weighted by Crippen LogP contribution is -2.07. The molecule has 1 heterocycles. The Kier molecular flexibility index (Phi) is 4.35. The van der Waals surface area contributed by atoms with Crippen LogP contribution in [0.2, 0.25) is 0 Å². The van der Waals surface area contributed by atoms with Crippen molar-refractivity contribution < 1.29 is 14.6 Å². The summed E-state index contributed by atoms with van der Waals surface area (Å²) in [6.45, 7) is 2.15. The number of benzene rings is 1. The number of rotatable bonds is 5. The Morgan fingerprint density at radius 1 is 1.42 bits per heavy atom. The summed E-state index contributed by atoms with van der Waals surface area (Å²) in [4.78, 5) is 15.6. The summed E-state index contributed by atoms with van der Waals surface area (Å²) in [6.07, 6.45) is 0.182. The molecule has 0 radical (unpaired) electrons. The number of ether oxygens (including phenoxy) is 1. The third kappa shape index (κ3) is 3.96. The maximum absolute atomic E-state index is 11.3. The number of aromatic nitrogens is 1. The van der Waals surface area contributed by atoms with E-state index in [2.05, 4.69) is 10.3 Å². The lowest BCUT2D eigenvalue weighted by Gasteiger charge is -2.02. The average Bonchev–Trinajstić information content (AvgIpc) is 2.80. The van der Waals surface area contributed by atoms with E-state index in [0.717, 1.165) is 5.69 Å². The van der Waals surface area contributed by atoms with E-state index >= 15 is 0 Å². The predicted octanol–water partition coefficient (Wildman–Crippen LogP) is 2.70. The van der Waals surface area contributed by atoms with Crippen LogP contribution < -0.4 is 5.32 Å². The van der Waals surface area contributed by atoms with E-state index in [0.29, 0.717) is 17.4 Å². The highest BCUT2D eigenvalue weighted by Crippen LogP contribution is 2.22. The van der Waals surface area contributed by atoms with Crippen LogP contribution in [0.3, 0.4) is 0 Å². The number of carbonyl (C=O) groups is 1. The molecule has 0 spiro atoms. The molecule has 1 aromatic carbocycles. The minimum absolute atomic E-state index is 0.182. The standard InChI is InChI=1S/C13H14N2O3S/c1-2-18-12(17)7-10-8-19-13(15-10)14-9-3-5-11(16)6-4-9/h3-6,8,16H,2,7H2,1H3,(H,14,15). The van der Waals surface area contributed by atoms with Crippen LogP contribution in [-0.4, -0.2) is 22.7 Å². The van der Waals surface area contributed by atoms with Crippen molar-refractivity contribution in [1.29, 1.82) is 0 Å². The topological polar surface area (TPSA) is 71.5 Å². The predicted molar refractivity (Wildman–Crippen MR) is 73.8 cm³/mol. The molecule has 0 amide bonds. The number of aromatic hydroxyl groups is 1. The molecule has 100 valence electrons. The first-order chi connectivity index (χ1) is 9.17. The molecule has 0 atom stereocenters. The normalized spacial score (nSPS) is 10.2. The van der Waals surface area contributed by atoms with Crippen LogP contribution in [0.1, 0.15) is 12.6 Å². The largest absolute Gasteiger partial charge is 0.508 e. The molecule has 19 heavy (non-hydrogen) atoms. The van der Waals surface area contributed by atoms with Crippen LogP contribution in [0.15, 0.2) is 29.6 Å². The SMILES string of the molecule is CCOC(=O)Cc1csc(Nc2ccc(O)cc2)n1. The van der Waals surface area contributed by atoms with Crippen LogP contribution in [0.5, 0.6) is 5.75 Å². The summed E-state index contributed by atoms with van der Waals surface area (Å²) in [5.41, 5.74) is 1.51.